The monoisotopic (exact) mass is 469 g/mol. The summed E-state index contributed by atoms with van der Waals surface area (Å²) in [7, 11) is 3.14. The van der Waals surface area contributed by atoms with E-state index >= 15 is 0 Å². The van der Waals surface area contributed by atoms with Crippen LogP contribution in [0.5, 0.6) is 11.5 Å². The fourth-order valence-electron chi connectivity index (χ4n) is 3.00. The van der Waals surface area contributed by atoms with Crippen molar-refractivity contribution in [3.8, 4) is 33.3 Å². The number of nitrogens with one attached hydrogen (secondary N) is 2. The number of nitrogens with zero attached hydrogens (tertiary/aromatic N) is 2. The smallest absolute Gasteiger partial charge is 0.269 e. The molecule has 0 atom stereocenters. The predicted molar refractivity (Wildman–Crippen MR) is 124 cm³/mol. The summed E-state index contributed by atoms with van der Waals surface area (Å²) in [6.45, 7) is 1.79. The molecule has 0 radical (unpaired) electrons. The molecule has 0 bridgehead atoms. The molecular formula is C21H19N5O4S2. The zero-order valence-electron chi connectivity index (χ0n) is 17.4. The first-order chi connectivity index (χ1) is 15.4. The molecule has 32 heavy (non-hydrogen) atoms. The highest BCUT2D eigenvalue weighted by Crippen LogP contribution is 2.35. The molecule has 4 rings (SSSR count). The highest BCUT2D eigenvalue weighted by Gasteiger charge is 2.19. The SMILES string of the molecule is COc1ccc(-c2nc(C)c(C(=O)Nc3nc(-c4c[nH]c(C(N)=O)c4)cs3)s2)cc1OC. The van der Waals surface area contributed by atoms with Crippen LogP contribution in [0.3, 0.4) is 0 Å². The molecule has 0 spiro atoms. The van der Waals surface area contributed by atoms with E-state index in [1.807, 2.05) is 12.1 Å². The molecule has 9 nitrogen and oxygen atoms in total. The number of primary amides is 1. The lowest BCUT2D eigenvalue weighted by Gasteiger charge is -2.08. The molecule has 4 aromatic rings. The van der Waals surface area contributed by atoms with E-state index in [9.17, 15) is 9.59 Å². The van der Waals surface area contributed by atoms with Crippen LogP contribution in [-0.2, 0) is 0 Å². The largest absolute Gasteiger partial charge is 0.493 e. The molecule has 4 N–H and O–H groups in total. The topological polar surface area (TPSA) is 132 Å². The van der Waals surface area contributed by atoms with Gasteiger partial charge < -0.3 is 20.2 Å². The maximum atomic E-state index is 12.9. The second kappa shape index (κ2) is 8.81. The second-order valence-corrected chi connectivity index (χ2v) is 8.52. The Hall–Kier alpha value is -3.70. The van der Waals surface area contributed by atoms with Gasteiger partial charge in [-0.2, -0.15) is 0 Å². The van der Waals surface area contributed by atoms with E-state index in [0.717, 1.165) is 5.56 Å². The molecule has 11 heteroatoms. The third-order valence-electron chi connectivity index (χ3n) is 4.60. The molecule has 0 fully saturated rings. The number of amides is 2. The van der Waals surface area contributed by atoms with E-state index in [2.05, 4.69) is 20.3 Å². The van der Waals surface area contributed by atoms with Crippen molar-refractivity contribution >= 4 is 39.6 Å². The van der Waals surface area contributed by atoms with Crippen LogP contribution >= 0.6 is 22.7 Å². The Balaban J connectivity index is 1.53. The lowest BCUT2D eigenvalue weighted by atomic mass is 10.2. The standard InChI is InChI=1S/C21H19N5O4S2/c1-10-17(32-20(24-10)11-4-5-15(29-2)16(7-11)30-3)19(28)26-21-25-14(9-31-21)12-6-13(18(22)27)23-8-12/h4-9,23H,1-3H3,(H2,22,27)(H,25,26,28). The third-order valence-corrected chi connectivity index (χ3v) is 6.57. The van der Waals surface area contributed by atoms with E-state index in [1.54, 1.807) is 44.9 Å². The van der Waals surface area contributed by atoms with Crippen molar-refractivity contribution in [1.29, 1.82) is 0 Å². The maximum absolute atomic E-state index is 12.9. The molecular weight excluding hydrogens is 450 g/mol. The van der Waals surface area contributed by atoms with Crippen LogP contribution in [0, 0.1) is 6.92 Å². The number of H-pyrrole nitrogens is 1. The van der Waals surface area contributed by atoms with Crippen LogP contribution in [0.4, 0.5) is 5.13 Å². The molecule has 3 heterocycles. The van der Waals surface area contributed by atoms with Gasteiger partial charge in [-0.15, -0.1) is 22.7 Å². The molecule has 0 unspecified atom stereocenters. The van der Waals surface area contributed by atoms with Crippen LogP contribution in [-0.4, -0.2) is 41.0 Å². The molecule has 0 aliphatic heterocycles. The van der Waals surface area contributed by atoms with Gasteiger partial charge in [-0.05, 0) is 31.2 Å². The number of aryl methyl sites for hydroxylation is 1. The first kappa shape index (κ1) is 21.5. The van der Waals surface area contributed by atoms with Gasteiger partial charge >= 0.3 is 0 Å². The van der Waals surface area contributed by atoms with Gasteiger partial charge in [0, 0.05) is 22.7 Å². The normalized spacial score (nSPS) is 10.7. The predicted octanol–water partition coefficient (Wildman–Crippen LogP) is 3.94. The number of benzene rings is 1. The number of thiazole rings is 2. The van der Waals surface area contributed by atoms with Crippen LogP contribution in [0.25, 0.3) is 21.8 Å². The van der Waals surface area contributed by atoms with E-state index < -0.39 is 5.91 Å². The van der Waals surface area contributed by atoms with Gasteiger partial charge in [-0.1, -0.05) is 0 Å². The molecule has 3 aromatic heterocycles. The summed E-state index contributed by atoms with van der Waals surface area (Å²) in [6, 6.07) is 7.10. The first-order valence-electron chi connectivity index (χ1n) is 9.35. The number of aromatic nitrogens is 3. The Morgan fingerprint density at radius 3 is 2.56 bits per heavy atom. The molecule has 0 aliphatic carbocycles. The van der Waals surface area contributed by atoms with E-state index in [0.29, 0.717) is 49.2 Å². The number of rotatable bonds is 7. The summed E-state index contributed by atoms with van der Waals surface area (Å²) in [5.41, 5.74) is 8.33. The van der Waals surface area contributed by atoms with Crippen LogP contribution in [0.1, 0.15) is 25.9 Å². The van der Waals surface area contributed by atoms with Gasteiger partial charge in [0.15, 0.2) is 16.6 Å². The van der Waals surface area contributed by atoms with Crippen LogP contribution in [0.2, 0.25) is 0 Å². The summed E-state index contributed by atoms with van der Waals surface area (Å²) in [6.07, 6.45) is 1.64. The van der Waals surface area contributed by atoms with Crippen LogP contribution in [0.15, 0.2) is 35.8 Å². The van der Waals surface area contributed by atoms with Gasteiger partial charge in [-0.3, -0.25) is 14.9 Å². The van der Waals surface area contributed by atoms with E-state index in [4.69, 9.17) is 15.2 Å². The van der Waals surface area contributed by atoms with Crippen LogP contribution < -0.4 is 20.5 Å². The molecule has 1 aromatic carbocycles. The van der Waals surface area contributed by atoms with Gasteiger partial charge in [0.25, 0.3) is 11.8 Å². The van der Waals surface area contributed by atoms with Crippen molar-refractivity contribution in [2.75, 3.05) is 19.5 Å². The zero-order valence-corrected chi connectivity index (χ0v) is 19.0. The van der Waals surface area contributed by atoms with Crippen molar-refractivity contribution in [3.05, 3.63) is 52.1 Å². The van der Waals surface area contributed by atoms with Crippen molar-refractivity contribution < 1.29 is 19.1 Å². The minimum atomic E-state index is -0.550. The minimum Gasteiger partial charge on any atom is -0.493 e. The summed E-state index contributed by atoms with van der Waals surface area (Å²) in [5, 5.41) is 5.74. The molecule has 0 saturated carbocycles. The number of methoxy groups -OCH3 is 2. The Bertz CT molecular complexity index is 1310. The summed E-state index contributed by atoms with van der Waals surface area (Å²) in [5.74, 6) is 0.362. The van der Waals surface area contributed by atoms with Crippen molar-refractivity contribution in [1.82, 2.24) is 15.0 Å². The Morgan fingerprint density at radius 2 is 1.88 bits per heavy atom. The number of ether oxygens (including phenoxy) is 2. The quantitative estimate of drug-likeness (QED) is 0.376. The lowest BCUT2D eigenvalue weighted by Crippen LogP contribution is -2.11. The number of carbonyl (C=O) groups is 2. The minimum absolute atomic E-state index is 0.292. The zero-order chi connectivity index (χ0) is 22.8. The Labute approximate surface area is 191 Å². The molecule has 164 valence electrons. The van der Waals surface area contributed by atoms with Gasteiger partial charge in [-0.25, -0.2) is 9.97 Å². The second-order valence-electron chi connectivity index (χ2n) is 6.66. The number of carbonyl (C=O) groups excluding carboxylic acids is 2. The summed E-state index contributed by atoms with van der Waals surface area (Å²) < 4.78 is 10.6. The number of hydrogen-bond donors (Lipinski definition) is 3. The number of nitrogens with two attached hydrogens (primary N) is 1. The highest BCUT2D eigenvalue weighted by atomic mass is 32.1. The average molecular weight is 470 g/mol. The fourth-order valence-corrected chi connectivity index (χ4v) is 4.67. The number of anilines is 1. The number of aromatic amines is 1. The van der Waals surface area contributed by atoms with Crippen molar-refractivity contribution in [3.63, 3.8) is 0 Å². The maximum Gasteiger partial charge on any atom is 0.269 e. The highest BCUT2D eigenvalue weighted by molar-refractivity contribution is 7.17. The average Bonchev–Trinajstić information content (AvgIpc) is 3.52. The summed E-state index contributed by atoms with van der Waals surface area (Å²) >= 11 is 2.57. The Morgan fingerprint density at radius 1 is 1.09 bits per heavy atom. The Kier molecular flexibility index (Phi) is 5.93. The molecule has 0 saturated heterocycles. The third kappa shape index (κ3) is 4.20. The van der Waals surface area contributed by atoms with E-state index in [-0.39, 0.29) is 5.91 Å². The fraction of sp³-hybridized carbons (Fsp3) is 0.143. The number of hydrogen-bond acceptors (Lipinski definition) is 8. The van der Waals surface area contributed by atoms with Gasteiger partial charge in [0.2, 0.25) is 0 Å². The van der Waals surface area contributed by atoms with Crippen molar-refractivity contribution in [2.45, 2.75) is 6.92 Å². The van der Waals surface area contributed by atoms with Gasteiger partial charge in [0.05, 0.1) is 25.6 Å². The first-order valence-corrected chi connectivity index (χ1v) is 11.0. The van der Waals surface area contributed by atoms with E-state index in [1.165, 1.54) is 22.7 Å². The molecule has 2 amide bonds. The molecule has 0 aliphatic rings. The lowest BCUT2D eigenvalue weighted by molar-refractivity contribution is 0.0994. The van der Waals surface area contributed by atoms with Gasteiger partial charge in [0.1, 0.15) is 15.6 Å². The summed E-state index contributed by atoms with van der Waals surface area (Å²) in [4.78, 5) is 36.4. The van der Waals surface area contributed by atoms with Crippen molar-refractivity contribution in [2.24, 2.45) is 5.73 Å².